The first-order valence-corrected chi connectivity index (χ1v) is 4.86. The predicted molar refractivity (Wildman–Crippen MR) is 58.7 cm³/mol. The number of carbonyl (C=O) groups excluding carboxylic acids is 1. The smallest absolute Gasteiger partial charge is 0.323 e. The minimum Gasteiger partial charge on any atom is -0.480 e. The van der Waals surface area contributed by atoms with Crippen LogP contribution in [0.3, 0.4) is 0 Å². The van der Waals surface area contributed by atoms with Gasteiger partial charge in [-0.2, -0.15) is 0 Å². The molecule has 0 saturated heterocycles. The van der Waals surface area contributed by atoms with Crippen molar-refractivity contribution in [3.63, 3.8) is 0 Å². The van der Waals surface area contributed by atoms with Crippen molar-refractivity contribution in [3.05, 3.63) is 35.4 Å². The minimum absolute atomic E-state index is 0.304. The van der Waals surface area contributed by atoms with Gasteiger partial charge in [-0.15, -0.1) is 6.42 Å². The quantitative estimate of drug-likeness (QED) is 0.818. The Hall–Kier alpha value is -2.42. The lowest BCUT2D eigenvalue weighted by molar-refractivity contribution is -0.137. The highest BCUT2D eigenvalue weighted by molar-refractivity contribution is 5.96. The molecule has 1 aromatic rings. The summed E-state index contributed by atoms with van der Waals surface area (Å²) < 4.78 is 26.3. The Labute approximate surface area is 102 Å². The number of aliphatic carboxylic acids is 1. The van der Waals surface area contributed by atoms with E-state index in [1.165, 1.54) is 0 Å². The second kappa shape index (κ2) is 5.77. The van der Waals surface area contributed by atoms with E-state index in [9.17, 15) is 18.4 Å². The summed E-state index contributed by atoms with van der Waals surface area (Å²) in [6.45, 7) is -0.986. The maximum absolute atomic E-state index is 13.4. The third-order valence-corrected chi connectivity index (χ3v) is 2.08. The van der Waals surface area contributed by atoms with E-state index < -0.39 is 35.6 Å². The molecule has 0 aliphatic heterocycles. The monoisotopic (exact) mass is 253 g/mol. The zero-order valence-corrected chi connectivity index (χ0v) is 9.19. The van der Waals surface area contributed by atoms with Gasteiger partial charge in [-0.05, 0) is 12.1 Å². The molecule has 0 atom stereocenters. The van der Waals surface area contributed by atoms with Crippen LogP contribution in [-0.2, 0) is 4.79 Å². The van der Waals surface area contributed by atoms with Crippen LogP contribution in [0.2, 0.25) is 0 Å². The fourth-order valence-electron chi connectivity index (χ4n) is 1.31. The van der Waals surface area contributed by atoms with Crippen LogP contribution in [0.5, 0.6) is 0 Å². The number of hydrogen-bond donors (Lipinski definition) is 1. The van der Waals surface area contributed by atoms with Crippen LogP contribution in [0, 0.1) is 24.0 Å². The van der Waals surface area contributed by atoms with Crippen LogP contribution in [0.25, 0.3) is 0 Å². The number of carboxylic acids is 1. The van der Waals surface area contributed by atoms with Gasteiger partial charge in [0.2, 0.25) is 0 Å². The Morgan fingerprint density at radius 3 is 2.61 bits per heavy atom. The molecule has 1 rings (SSSR count). The number of nitrogens with zero attached hydrogens (tertiary/aromatic N) is 1. The lowest BCUT2D eigenvalue weighted by Crippen LogP contribution is -2.36. The molecule has 0 unspecified atom stereocenters. The van der Waals surface area contributed by atoms with Gasteiger partial charge in [-0.3, -0.25) is 9.59 Å². The molecule has 0 fully saturated rings. The van der Waals surface area contributed by atoms with Crippen molar-refractivity contribution in [2.75, 3.05) is 13.1 Å². The minimum atomic E-state index is -1.32. The maximum atomic E-state index is 13.4. The number of carboxylic acid groups (broad SMARTS) is 1. The molecule has 6 heteroatoms. The van der Waals surface area contributed by atoms with Gasteiger partial charge < -0.3 is 10.0 Å². The highest BCUT2D eigenvalue weighted by atomic mass is 19.2. The van der Waals surface area contributed by atoms with Crippen molar-refractivity contribution >= 4 is 11.9 Å². The van der Waals surface area contributed by atoms with Gasteiger partial charge in [0.15, 0.2) is 11.6 Å². The number of carbonyl (C=O) groups is 2. The molecule has 0 bridgehead atoms. The number of amides is 1. The Balaban J connectivity index is 3.06. The van der Waals surface area contributed by atoms with E-state index in [2.05, 4.69) is 5.92 Å². The van der Waals surface area contributed by atoms with E-state index in [4.69, 9.17) is 11.5 Å². The molecule has 1 N–H and O–H groups in total. The molecule has 1 aromatic carbocycles. The molecule has 0 aliphatic rings. The average molecular weight is 253 g/mol. The van der Waals surface area contributed by atoms with E-state index in [0.717, 1.165) is 23.1 Å². The number of terminal acetylenes is 1. The molecule has 0 aromatic heterocycles. The number of benzene rings is 1. The lowest BCUT2D eigenvalue weighted by atomic mass is 10.1. The molecule has 0 radical (unpaired) electrons. The summed E-state index contributed by atoms with van der Waals surface area (Å²) >= 11 is 0. The topological polar surface area (TPSA) is 57.6 Å². The number of halogens is 2. The number of rotatable bonds is 4. The van der Waals surface area contributed by atoms with Gasteiger partial charge in [-0.1, -0.05) is 12.0 Å². The molecule has 0 saturated carbocycles. The van der Waals surface area contributed by atoms with Crippen molar-refractivity contribution in [1.82, 2.24) is 4.90 Å². The van der Waals surface area contributed by atoms with Crippen molar-refractivity contribution < 1.29 is 23.5 Å². The van der Waals surface area contributed by atoms with Crippen LogP contribution in [-0.4, -0.2) is 35.0 Å². The third-order valence-electron chi connectivity index (χ3n) is 2.08. The second-order valence-corrected chi connectivity index (χ2v) is 3.36. The standard InChI is InChI=1S/C12H9F2NO3/c1-2-6-15(7-10(16)17)12(18)8-4-3-5-9(13)11(8)14/h1,3-5H,6-7H2,(H,16,17). The number of hydrogen-bond acceptors (Lipinski definition) is 2. The Kier molecular flexibility index (Phi) is 4.38. The van der Waals surface area contributed by atoms with Gasteiger partial charge in [0.25, 0.3) is 5.91 Å². The van der Waals surface area contributed by atoms with Gasteiger partial charge >= 0.3 is 5.97 Å². The molecule has 94 valence electrons. The molecule has 4 nitrogen and oxygen atoms in total. The van der Waals surface area contributed by atoms with Crippen molar-refractivity contribution in [1.29, 1.82) is 0 Å². The summed E-state index contributed by atoms with van der Waals surface area (Å²) in [5.41, 5.74) is -0.550. The van der Waals surface area contributed by atoms with Gasteiger partial charge in [0.05, 0.1) is 12.1 Å². The third kappa shape index (κ3) is 3.04. The zero-order valence-electron chi connectivity index (χ0n) is 9.19. The summed E-state index contributed by atoms with van der Waals surface area (Å²) in [4.78, 5) is 23.1. The second-order valence-electron chi connectivity index (χ2n) is 3.36. The highest BCUT2D eigenvalue weighted by Gasteiger charge is 2.22. The average Bonchev–Trinajstić information content (AvgIpc) is 2.31. The van der Waals surface area contributed by atoms with Crippen LogP contribution in [0.4, 0.5) is 8.78 Å². The van der Waals surface area contributed by atoms with Crippen molar-refractivity contribution in [2.24, 2.45) is 0 Å². The Morgan fingerprint density at radius 1 is 1.39 bits per heavy atom. The summed E-state index contributed by atoms with van der Waals surface area (Å²) in [5.74, 6) is -2.69. The van der Waals surface area contributed by atoms with Crippen LogP contribution < -0.4 is 0 Å². The summed E-state index contributed by atoms with van der Waals surface area (Å²) in [7, 11) is 0. The Bertz CT molecular complexity index is 523. The van der Waals surface area contributed by atoms with Crippen LogP contribution in [0.15, 0.2) is 18.2 Å². The summed E-state index contributed by atoms with van der Waals surface area (Å²) in [6.07, 6.45) is 4.98. The van der Waals surface area contributed by atoms with Crippen LogP contribution in [0.1, 0.15) is 10.4 Å². The highest BCUT2D eigenvalue weighted by Crippen LogP contribution is 2.13. The first-order chi connectivity index (χ1) is 8.47. The normalized spacial score (nSPS) is 9.61. The van der Waals surface area contributed by atoms with Gasteiger partial charge in [0.1, 0.15) is 6.54 Å². The van der Waals surface area contributed by atoms with E-state index in [-0.39, 0.29) is 6.54 Å². The zero-order chi connectivity index (χ0) is 13.7. The lowest BCUT2D eigenvalue weighted by Gasteiger charge is -2.18. The Morgan fingerprint density at radius 2 is 2.06 bits per heavy atom. The van der Waals surface area contributed by atoms with Gasteiger partial charge in [0, 0.05) is 0 Å². The maximum Gasteiger partial charge on any atom is 0.323 e. The molecular weight excluding hydrogens is 244 g/mol. The van der Waals surface area contributed by atoms with Gasteiger partial charge in [-0.25, -0.2) is 8.78 Å². The van der Waals surface area contributed by atoms with Crippen LogP contribution >= 0.6 is 0 Å². The van der Waals surface area contributed by atoms with E-state index in [1.807, 2.05) is 0 Å². The van der Waals surface area contributed by atoms with Crippen molar-refractivity contribution in [2.45, 2.75) is 0 Å². The van der Waals surface area contributed by atoms with E-state index in [0.29, 0.717) is 0 Å². The molecule has 0 aliphatic carbocycles. The predicted octanol–water partition coefficient (Wildman–Crippen LogP) is 1.12. The largest absolute Gasteiger partial charge is 0.480 e. The SMILES string of the molecule is C#CCN(CC(=O)O)C(=O)c1cccc(F)c1F. The molecule has 18 heavy (non-hydrogen) atoms. The molecule has 0 spiro atoms. The molecule has 0 heterocycles. The summed E-state index contributed by atoms with van der Waals surface area (Å²) in [5, 5.41) is 8.60. The van der Waals surface area contributed by atoms with Crippen molar-refractivity contribution in [3.8, 4) is 12.3 Å². The first-order valence-electron chi connectivity index (χ1n) is 4.86. The van der Waals surface area contributed by atoms with E-state index in [1.54, 1.807) is 0 Å². The fourth-order valence-corrected chi connectivity index (χ4v) is 1.31. The van der Waals surface area contributed by atoms with E-state index >= 15 is 0 Å². The first kappa shape index (κ1) is 13.6. The molecular formula is C12H9F2NO3. The summed E-state index contributed by atoms with van der Waals surface area (Å²) in [6, 6.07) is 3.07. The molecule has 1 amide bonds. The fraction of sp³-hybridized carbons (Fsp3) is 0.167.